The average molecular weight is 248 g/mol. The molecule has 1 heterocycles. The molecule has 2 atom stereocenters. The molecule has 1 fully saturated rings. The Kier molecular flexibility index (Phi) is 5.27. The Balaban J connectivity index is 1.96. The van der Waals surface area contributed by atoms with Gasteiger partial charge in [0.05, 0.1) is 9.52 Å². The summed E-state index contributed by atoms with van der Waals surface area (Å²) in [6.07, 6.45) is 6.61. The molecule has 0 aliphatic carbocycles. The number of rotatable bonds is 5. The number of hydrogen-bond acceptors (Lipinski definition) is 1. The molecule has 0 radical (unpaired) electrons. The van der Waals surface area contributed by atoms with Crippen molar-refractivity contribution in [2.24, 2.45) is 0 Å². The maximum Gasteiger partial charge on any atom is 0.0636 e. The second-order valence-corrected chi connectivity index (χ2v) is 7.49. The highest BCUT2D eigenvalue weighted by molar-refractivity contribution is 6.39. The van der Waals surface area contributed by atoms with Gasteiger partial charge in [0.2, 0.25) is 0 Å². The lowest BCUT2D eigenvalue weighted by atomic mass is 10.1. The predicted octanol–water partition coefficient (Wildman–Crippen LogP) is 3.22. The van der Waals surface area contributed by atoms with Crippen molar-refractivity contribution < 1.29 is 4.74 Å². The zero-order chi connectivity index (χ0) is 11.9. The lowest BCUT2D eigenvalue weighted by Gasteiger charge is -2.26. The first kappa shape index (κ1) is 12.8. The van der Waals surface area contributed by atoms with Gasteiger partial charge in [-0.25, -0.2) is 0 Å². The molecule has 0 spiro atoms. The molecule has 1 saturated heterocycles. The Bertz CT molecular complexity index is 306. The van der Waals surface area contributed by atoms with Gasteiger partial charge in [-0.15, -0.1) is 0 Å². The third-order valence-electron chi connectivity index (χ3n) is 3.73. The van der Waals surface area contributed by atoms with Crippen molar-refractivity contribution in [3.05, 3.63) is 35.9 Å². The largest absolute Gasteiger partial charge is 0.382 e. The minimum atomic E-state index is -0.152. The molecule has 1 aliphatic rings. The molecule has 2 heteroatoms. The zero-order valence-electron chi connectivity index (χ0n) is 10.9. The van der Waals surface area contributed by atoms with E-state index >= 15 is 0 Å². The van der Waals surface area contributed by atoms with E-state index in [1.54, 1.807) is 5.56 Å². The van der Waals surface area contributed by atoms with E-state index in [1.807, 2.05) is 0 Å². The van der Waals surface area contributed by atoms with Gasteiger partial charge in [-0.2, -0.15) is 0 Å². The van der Waals surface area contributed by atoms with Crippen LogP contribution in [0.3, 0.4) is 0 Å². The first-order chi connectivity index (χ1) is 8.40. The van der Waals surface area contributed by atoms with Gasteiger partial charge in [-0.05, 0) is 36.8 Å². The Labute approximate surface area is 107 Å². The molecule has 17 heavy (non-hydrogen) atoms. The fourth-order valence-corrected chi connectivity index (χ4v) is 5.45. The van der Waals surface area contributed by atoms with Crippen LogP contribution in [0.15, 0.2) is 30.3 Å². The Morgan fingerprint density at radius 1 is 1.29 bits per heavy atom. The second kappa shape index (κ2) is 6.97. The van der Waals surface area contributed by atoms with Crippen molar-refractivity contribution in [3.8, 4) is 0 Å². The van der Waals surface area contributed by atoms with Crippen LogP contribution < -0.4 is 0 Å². The molecule has 1 aliphatic heterocycles. The van der Waals surface area contributed by atoms with Gasteiger partial charge in [0.1, 0.15) is 0 Å². The normalized spacial score (nSPS) is 23.0. The van der Waals surface area contributed by atoms with Crippen LogP contribution in [-0.2, 0) is 4.74 Å². The molecule has 0 aromatic heterocycles. The van der Waals surface area contributed by atoms with Crippen LogP contribution in [0, 0.1) is 0 Å². The molecule has 1 aromatic rings. The summed E-state index contributed by atoms with van der Waals surface area (Å²) in [4.78, 5) is 0. The number of ether oxygens (including phenoxy) is 1. The van der Waals surface area contributed by atoms with Gasteiger partial charge in [0.15, 0.2) is 0 Å². The summed E-state index contributed by atoms with van der Waals surface area (Å²) in [6, 6.07) is 11.1. The summed E-state index contributed by atoms with van der Waals surface area (Å²) in [5.41, 5.74) is 3.01. The Hall–Kier alpha value is -0.603. The summed E-state index contributed by atoms with van der Waals surface area (Å²) < 4.78 is 5.94. The van der Waals surface area contributed by atoms with E-state index in [0.29, 0.717) is 5.73 Å². The van der Waals surface area contributed by atoms with Crippen molar-refractivity contribution >= 4 is 9.52 Å². The van der Waals surface area contributed by atoms with E-state index in [0.717, 1.165) is 12.1 Å². The van der Waals surface area contributed by atoms with E-state index in [9.17, 15) is 0 Å². The highest BCUT2D eigenvalue weighted by Crippen LogP contribution is 2.24. The fourth-order valence-electron chi connectivity index (χ4n) is 2.80. The molecule has 2 unspecified atom stereocenters. The van der Waals surface area contributed by atoms with Crippen molar-refractivity contribution in [3.63, 3.8) is 0 Å². The van der Waals surface area contributed by atoms with Crippen LogP contribution >= 0.6 is 0 Å². The molecule has 1 nitrogen and oxygen atoms in total. The van der Waals surface area contributed by atoms with Gasteiger partial charge < -0.3 is 4.74 Å². The quantitative estimate of drug-likeness (QED) is 0.727. The summed E-state index contributed by atoms with van der Waals surface area (Å²) in [7, 11) is -0.152. The first-order valence-electron chi connectivity index (χ1n) is 7.06. The highest BCUT2D eigenvalue weighted by atomic mass is 28.2. The van der Waals surface area contributed by atoms with E-state index in [-0.39, 0.29) is 9.52 Å². The molecular weight excluding hydrogens is 224 g/mol. The summed E-state index contributed by atoms with van der Waals surface area (Å²) in [6.45, 7) is 3.30. The third-order valence-corrected chi connectivity index (χ3v) is 6.35. The van der Waals surface area contributed by atoms with Crippen LogP contribution in [0.2, 0.25) is 0 Å². The summed E-state index contributed by atoms with van der Waals surface area (Å²) in [5, 5.41) is 0. The van der Waals surface area contributed by atoms with Gasteiger partial charge >= 0.3 is 0 Å². The van der Waals surface area contributed by atoms with Crippen LogP contribution in [0.4, 0.5) is 0 Å². The van der Waals surface area contributed by atoms with Crippen molar-refractivity contribution in [1.82, 2.24) is 0 Å². The van der Waals surface area contributed by atoms with Gasteiger partial charge in [0.25, 0.3) is 0 Å². The molecule has 0 amide bonds. The maximum absolute atomic E-state index is 5.94. The zero-order valence-corrected chi connectivity index (χ0v) is 12.3. The van der Waals surface area contributed by atoms with Crippen molar-refractivity contribution in [1.29, 1.82) is 0 Å². The molecular formula is C15H24OSi. The Morgan fingerprint density at radius 3 is 2.76 bits per heavy atom. The minimum Gasteiger partial charge on any atom is -0.382 e. The maximum atomic E-state index is 5.94. The predicted molar refractivity (Wildman–Crippen MR) is 76.2 cm³/mol. The topological polar surface area (TPSA) is 9.23 Å². The number of hydrogen-bond donors (Lipinski definition) is 0. The molecule has 0 N–H and O–H groups in total. The smallest absolute Gasteiger partial charge is 0.0636 e. The van der Waals surface area contributed by atoms with Crippen LogP contribution in [0.1, 0.15) is 50.1 Å². The molecule has 94 valence electrons. The van der Waals surface area contributed by atoms with Crippen LogP contribution in [-0.4, -0.2) is 21.9 Å². The van der Waals surface area contributed by atoms with E-state index in [4.69, 9.17) is 4.74 Å². The van der Waals surface area contributed by atoms with E-state index in [1.165, 1.54) is 32.1 Å². The van der Waals surface area contributed by atoms with Crippen LogP contribution in [0.25, 0.3) is 0 Å². The SMILES string of the molecule is CCCC([SiH2]C1CCCCO1)c1ccccc1. The lowest BCUT2D eigenvalue weighted by Crippen LogP contribution is -2.29. The standard InChI is InChI=1S/C15H24OSi/c1-2-8-14(13-9-4-3-5-10-13)17-15-11-6-7-12-16-15/h3-5,9-10,14-15H,2,6-8,11-12,17H2,1H3. The highest BCUT2D eigenvalue weighted by Gasteiger charge is 2.20. The Morgan fingerprint density at radius 2 is 2.12 bits per heavy atom. The fraction of sp³-hybridized carbons (Fsp3) is 0.600. The monoisotopic (exact) mass is 248 g/mol. The minimum absolute atomic E-state index is 0.152. The van der Waals surface area contributed by atoms with Gasteiger partial charge in [-0.3, -0.25) is 0 Å². The molecule has 1 aromatic carbocycles. The average Bonchev–Trinajstić information content (AvgIpc) is 2.40. The number of benzene rings is 1. The van der Waals surface area contributed by atoms with Crippen LogP contribution in [0.5, 0.6) is 0 Å². The van der Waals surface area contributed by atoms with Gasteiger partial charge in [0, 0.05) is 12.3 Å². The van der Waals surface area contributed by atoms with E-state index < -0.39 is 0 Å². The lowest BCUT2D eigenvalue weighted by molar-refractivity contribution is 0.0642. The summed E-state index contributed by atoms with van der Waals surface area (Å²) in [5.74, 6) is 0. The second-order valence-electron chi connectivity index (χ2n) is 5.12. The molecule has 0 bridgehead atoms. The first-order valence-corrected chi connectivity index (χ1v) is 8.70. The van der Waals surface area contributed by atoms with E-state index in [2.05, 4.69) is 37.3 Å². The van der Waals surface area contributed by atoms with Crippen molar-refractivity contribution in [2.45, 2.75) is 50.3 Å². The molecule has 2 rings (SSSR count). The molecule has 0 saturated carbocycles. The van der Waals surface area contributed by atoms with Crippen molar-refractivity contribution in [2.75, 3.05) is 6.61 Å². The summed E-state index contributed by atoms with van der Waals surface area (Å²) >= 11 is 0. The van der Waals surface area contributed by atoms with Gasteiger partial charge in [-0.1, -0.05) is 43.7 Å². The third kappa shape index (κ3) is 3.97.